The van der Waals surface area contributed by atoms with E-state index in [2.05, 4.69) is 6.07 Å². The minimum Gasteiger partial charge on any atom is -0.378 e. The Morgan fingerprint density at radius 2 is 2.14 bits per heavy atom. The van der Waals surface area contributed by atoms with E-state index in [4.69, 9.17) is 14.5 Å². The lowest BCUT2D eigenvalue weighted by Crippen LogP contribution is -2.39. The van der Waals surface area contributed by atoms with Gasteiger partial charge in [-0.1, -0.05) is 0 Å². The van der Waals surface area contributed by atoms with E-state index in [1.807, 2.05) is 24.5 Å². The van der Waals surface area contributed by atoms with Gasteiger partial charge in [0.1, 0.15) is 11.7 Å². The van der Waals surface area contributed by atoms with E-state index in [1.165, 1.54) is 0 Å². The molecule has 2 fully saturated rings. The molecule has 7 heteroatoms. The average molecular weight is 394 g/mol. The third-order valence-corrected chi connectivity index (χ3v) is 5.61. The van der Waals surface area contributed by atoms with Crippen molar-refractivity contribution in [3.8, 4) is 6.07 Å². The number of carbonyl (C=O) groups is 1. The summed E-state index contributed by atoms with van der Waals surface area (Å²) in [4.78, 5) is 19.1. The zero-order chi connectivity index (χ0) is 20.4. The van der Waals surface area contributed by atoms with Gasteiger partial charge in [-0.3, -0.25) is 4.79 Å². The van der Waals surface area contributed by atoms with E-state index in [-0.39, 0.29) is 12.0 Å². The Bertz CT molecular complexity index is 990. The number of hydrogen-bond acceptors (Lipinski definition) is 5. The van der Waals surface area contributed by atoms with Crippen LogP contribution < -0.4 is 0 Å². The molecular weight excluding hydrogens is 368 g/mol. The summed E-state index contributed by atoms with van der Waals surface area (Å²) in [6, 6.07) is 4.34. The van der Waals surface area contributed by atoms with E-state index in [0.29, 0.717) is 38.4 Å². The molecule has 2 aliphatic rings. The van der Waals surface area contributed by atoms with Gasteiger partial charge in [0.15, 0.2) is 0 Å². The fourth-order valence-electron chi connectivity index (χ4n) is 4.20. The number of aromatic nitrogens is 2. The lowest BCUT2D eigenvalue weighted by Gasteiger charge is -2.25. The van der Waals surface area contributed by atoms with Crippen LogP contribution in [0.1, 0.15) is 35.4 Å². The molecule has 0 saturated carbocycles. The minimum atomic E-state index is -0.0630. The molecule has 2 aliphatic heterocycles. The highest BCUT2D eigenvalue weighted by molar-refractivity contribution is 5.95. The fourth-order valence-corrected chi connectivity index (χ4v) is 4.20. The molecule has 0 N–H and O–H groups in total. The maximum Gasteiger partial charge on any atom is 0.246 e. The molecule has 152 valence electrons. The summed E-state index contributed by atoms with van der Waals surface area (Å²) < 4.78 is 13.2. The van der Waals surface area contributed by atoms with Gasteiger partial charge < -0.3 is 18.9 Å². The standard InChI is InChI=1S/C22H26N4O3/c1-15-12-16(2)24-22-21(15)18(13-23)19(26(22)14-17-4-3-9-29-17)5-6-20(27)25-7-10-28-11-8-25/h5-6,12,17H,3-4,7-11,14H2,1-2H3. The molecule has 1 unspecified atom stereocenters. The molecule has 4 rings (SSSR count). The van der Waals surface area contributed by atoms with Crippen LogP contribution in [-0.4, -0.2) is 59.4 Å². The number of carbonyl (C=O) groups excluding carboxylic acids is 1. The van der Waals surface area contributed by atoms with Crippen molar-refractivity contribution in [2.45, 2.75) is 39.3 Å². The molecule has 7 nitrogen and oxygen atoms in total. The summed E-state index contributed by atoms with van der Waals surface area (Å²) in [5.74, 6) is -0.0630. The Morgan fingerprint density at radius 1 is 1.34 bits per heavy atom. The highest BCUT2D eigenvalue weighted by Gasteiger charge is 2.24. The fraction of sp³-hybridized carbons (Fsp3) is 0.500. The number of amides is 1. The number of rotatable bonds is 4. The third kappa shape index (κ3) is 3.91. The molecule has 0 aromatic carbocycles. The summed E-state index contributed by atoms with van der Waals surface area (Å²) in [5.41, 5.74) is 4.00. The molecule has 1 atom stereocenters. The molecule has 2 aromatic heterocycles. The topological polar surface area (TPSA) is 80.4 Å². The first kappa shape index (κ1) is 19.6. The van der Waals surface area contributed by atoms with E-state index in [9.17, 15) is 10.1 Å². The number of morpholine rings is 1. The number of hydrogen-bond donors (Lipinski definition) is 0. The predicted octanol–water partition coefficient (Wildman–Crippen LogP) is 2.58. The summed E-state index contributed by atoms with van der Waals surface area (Å²) in [6.45, 7) is 7.65. The van der Waals surface area contributed by atoms with Crippen LogP contribution in [0, 0.1) is 25.2 Å². The van der Waals surface area contributed by atoms with E-state index in [1.54, 1.807) is 17.1 Å². The number of nitriles is 1. The maximum absolute atomic E-state index is 12.6. The Labute approximate surface area is 170 Å². The summed E-state index contributed by atoms with van der Waals surface area (Å²) in [5, 5.41) is 10.8. The summed E-state index contributed by atoms with van der Waals surface area (Å²) >= 11 is 0. The van der Waals surface area contributed by atoms with Gasteiger partial charge in [0, 0.05) is 36.9 Å². The predicted molar refractivity (Wildman–Crippen MR) is 109 cm³/mol. The molecule has 0 spiro atoms. The van der Waals surface area contributed by atoms with Gasteiger partial charge in [0.2, 0.25) is 5.91 Å². The molecule has 29 heavy (non-hydrogen) atoms. The van der Waals surface area contributed by atoms with Crippen molar-refractivity contribution in [2.75, 3.05) is 32.9 Å². The van der Waals surface area contributed by atoms with Crippen LogP contribution in [0.25, 0.3) is 17.1 Å². The Hall–Kier alpha value is -2.69. The Morgan fingerprint density at radius 3 is 2.83 bits per heavy atom. The van der Waals surface area contributed by atoms with Crippen molar-refractivity contribution in [3.05, 3.63) is 34.7 Å². The van der Waals surface area contributed by atoms with Gasteiger partial charge in [0.25, 0.3) is 0 Å². The van der Waals surface area contributed by atoms with Crippen LogP contribution in [0.5, 0.6) is 0 Å². The number of nitrogens with zero attached hydrogens (tertiary/aromatic N) is 4. The highest BCUT2D eigenvalue weighted by Crippen LogP contribution is 2.30. The van der Waals surface area contributed by atoms with Gasteiger partial charge in [-0.05, 0) is 44.4 Å². The highest BCUT2D eigenvalue weighted by atomic mass is 16.5. The summed E-state index contributed by atoms with van der Waals surface area (Å²) in [7, 11) is 0. The van der Waals surface area contributed by atoms with Crippen LogP contribution in [0.2, 0.25) is 0 Å². The monoisotopic (exact) mass is 394 g/mol. The Balaban J connectivity index is 1.77. The molecule has 0 bridgehead atoms. The zero-order valence-corrected chi connectivity index (χ0v) is 17.0. The molecule has 2 saturated heterocycles. The van der Waals surface area contributed by atoms with Gasteiger partial charge in [-0.15, -0.1) is 0 Å². The summed E-state index contributed by atoms with van der Waals surface area (Å²) in [6.07, 6.45) is 5.46. The van der Waals surface area contributed by atoms with Crippen LogP contribution >= 0.6 is 0 Å². The van der Waals surface area contributed by atoms with Crippen molar-refractivity contribution in [3.63, 3.8) is 0 Å². The Kier molecular flexibility index (Phi) is 5.65. The second-order valence-electron chi connectivity index (χ2n) is 7.67. The minimum absolute atomic E-state index is 0.0630. The van der Waals surface area contributed by atoms with Crippen LogP contribution in [0.4, 0.5) is 0 Å². The zero-order valence-electron chi connectivity index (χ0n) is 17.0. The van der Waals surface area contributed by atoms with Crippen molar-refractivity contribution in [1.82, 2.24) is 14.5 Å². The number of ether oxygens (including phenoxy) is 2. The maximum atomic E-state index is 12.6. The largest absolute Gasteiger partial charge is 0.378 e. The van der Waals surface area contributed by atoms with Gasteiger partial charge in [0.05, 0.1) is 37.1 Å². The molecule has 2 aromatic rings. The van der Waals surface area contributed by atoms with E-state index in [0.717, 1.165) is 47.4 Å². The quantitative estimate of drug-likeness (QED) is 0.745. The smallest absolute Gasteiger partial charge is 0.246 e. The molecule has 1 amide bonds. The van der Waals surface area contributed by atoms with E-state index < -0.39 is 0 Å². The lowest BCUT2D eigenvalue weighted by molar-refractivity contribution is -0.129. The van der Waals surface area contributed by atoms with Crippen molar-refractivity contribution < 1.29 is 14.3 Å². The van der Waals surface area contributed by atoms with Crippen LogP contribution in [-0.2, 0) is 20.8 Å². The van der Waals surface area contributed by atoms with Crippen molar-refractivity contribution >= 4 is 23.0 Å². The first-order valence-corrected chi connectivity index (χ1v) is 10.2. The molecule has 0 radical (unpaired) electrons. The first-order valence-electron chi connectivity index (χ1n) is 10.2. The van der Waals surface area contributed by atoms with Gasteiger partial charge in [-0.25, -0.2) is 4.98 Å². The molecular formula is C22H26N4O3. The first-order chi connectivity index (χ1) is 14.1. The molecule has 4 heterocycles. The average Bonchev–Trinajstić information content (AvgIpc) is 3.33. The van der Waals surface area contributed by atoms with Gasteiger partial charge >= 0.3 is 0 Å². The number of pyridine rings is 1. The normalized spacial score (nSPS) is 19.9. The molecule has 0 aliphatic carbocycles. The van der Waals surface area contributed by atoms with E-state index >= 15 is 0 Å². The lowest BCUT2D eigenvalue weighted by atomic mass is 10.1. The number of aryl methyl sites for hydroxylation is 2. The van der Waals surface area contributed by atoms with Crippen molar-refractivity contribution in [1.29, 1.82) is 5.26 Å². The van der Waals surface area contributed by atoms with Crippen LogP contribution in [0.3, 0.4) is 0 Å². The van der Waals surface area contributed by atoms with Crippen molar-refractivity contribution in [2.24, 2.45) is 0 Å². The van der Waals surface area contributed by atoms with Crippen LogP contribution in [0.15, 0.2) is 12.1 Å². The van der Waals surface area contributed by atoms with Gasteiger partial charge in [-0.2, -0.15) is 5.26 Å². The second kappa shape index (κ2) is 8.36. The number of fused-ring (bicyclic) bond motifs is 1. The third-order valence-electron chi connectivity index (χ3n) is 5.61. The SMILES string of the molecule is Cc1cc(C)c2c(C#N)c(C=CC(=O)N3CCOCC3)n(CC3CCCO3)c2n1. The second-order valence-corrected chi connectivity index (χ2v) is 7.67.